The fraction of sp³-hybridized carbons (Fsp3) is 0.933. The molecule has 0 bridgehead atoms. The van der Waals surface area contributed by atoms with E-state index < -0.39 is 0 Å². The molecule has 1 saturated heterocycles. The van der Waals surface area contributed by atoms with Crippen molar-refractivity contribution in [2.24, 2.45) is 17.8 Å². The zero-order valence-electron chi connectivity index (χ0n) is 12.2. The summed E-state index contributed by atoms with van der Waals surface area (Å²) in [7, 11) is 0. The van der Waals surface area contributed by atoms with Crippen molar-refractivity contribution in [2.45, 2.75) is 66.3 Å². The van der Waals surface area contributed by atoms with Gasteiger partial charge in [-0.25, -0.2) is 0 Å². The van der Waals surface area contributed by atoms with Crippen LogP contribution in [0, 0.1) is 17.8 Å². The van der Waals surface area contributed by atoms with E-state index in [0.717, 1.165) is 25.3 Å². The van der Waals surface area contributed by atoms with Gasteiger partial charge in [0.1, 0.15) is 0 Å². The molecule has 2 heteroatoms. The molecule has 0 aromatic carbocycles. The van der Waals surface area contributed by atoms with Gasteiger partial charge in [0, 0.05) is 18.5 Å². The van der Waals surface area contributed by atoms with Gasteiger partial charge in [0.15, 0.2) is 0 Å². The third-order valence-corrected chi connectivity index (χ3v) is 4.72. The Kier molecular flexibility index (Phi) is 5.48. The number of rotatable bonds is 5. The lowest BCUT2D eigenvalue weighted by molar-refractivity contribution is -0.137. The topological polar surface area (TPSA) is 20.3 Å². The summed E-state index contributed by atoms with van der Waals surface area (Å²) in [5.74, 6) is 1.81. The maximum atomic E-state index is 12.5. The molecule has 2 nitrogen and oxygen atoms in total. The Bertz CT molecular complexity index is 251. The van der Waals surface area contributed by atoms with Crippen molar-refractivity contribution in [1.82, 2.24) is 4.90 Å². The average Bonchev–Trinajstić information content (AvgIpc) is 2.79. The molecule has 17 heavy (non-hydrogen) atoms. The van der Waals surface area contributed by atoms with E-state index in [0.29, 0.717) is 17.9 Å². The lowest BCUT2D eigenvalue weighted by Crippen LogP contribution is -2.40. The summed E-state index contributed by atoms with van der Waals surface area (Å²) >= 11 is 0. The summed E-state index contributed by atoms with van der Waals surface area (Å²) in [6.07, 6.45) is 4.62. The minimum atomic E-state index is 0.185. The number of carbonyl (C=O) groups excluding carboxylic acids is 1. The largest absolute Gasteiger partial charge is 0.339 e. The van der Waals surface area contributed by atoms with Crippen LogP contribution in [0.4, 0.5) is 0 Å². The molecule has 1 heterocycles. The highest BCUT2D eigenvalue weighted by Crippen LogP contribution is 2.30. The summed E-state index contributed by atoms with van der Waals surface area (Å²) in [6.45, 7) is 11.9. The predicted molar refractivity (Wildman–Crippen MR) is 72.8 cm³/mol. The number of amides is 1. The molecule has 100 valence electrons. The lowest BCUT2D eigenvalue weighted by atomic mass is 9.92. The fourth-order valence-electron chi connectivity index (χ4n) is 2.83. The van der Waals surface area contributed by atoms with Gasteiger partial charge in [-0.15, -0.1) is 0 Å². The summed E-state index contributed by atoms with van der Waals surface area (Å²) in [5.41, 5.74) is 0. The normalized spacial score (nSPS) is 28.2. The second kappa shape index (κ2) is 6.42. The van der Waals surface area contributed by atoms with Crippen LogP contribution in [0.5, 0.6) is 0 Å². The molecule has 1 fully saturated rings. The number of likely N-dealkylation sites (tertiary alicyclic amines) is 1. The first-order valence-electron chi connectivity index (χ1n) is 7.35. The Hall–Kier alpha value is -0.530. The van der Waals surface area contributed by atoms with E-state index in [1.165, 1.54) is 12.8 Å². The van der Waals surface area contributed by atoms with Crippen LogP contribution in [0.2, 0.25) is 0 Å². The van der Waals surface area contributed by atoms with Gasteiger partial charge in [0.2, 0.25) is 5.91 Å². The molecule has 1 aliphatic rings. The number of hydrogen-bond acceptors (Lipinski definition) is 1. The molecule has 0 N–H and O–H groups in total. The predicted octanol–water partition coefficient (Wildman–Crippen LogP) is 3.71. The van der Waals surface area contributed by atoms with Gasteiger partial charge in [-0.05, 0) is 24.7 Å². The second-order valence-corrected chi connectivity index (χ2v) is 5.74. The van der Waals surface area contributed by atoms with Gasteiger partial charge < -0.3 is 4.90 Å². The van der Waals surface area contributed by atoms with Crippen molar-refractivity contribution >= 4 is 5.91 Å². The highest BCUT2D eigenvalue weighted by atomic mass is 16.2. The van der Waals surface area contributed by atoms with Gasteiger partial charge in [-0.3, -0.25) is 4.79 Å². The maximum Gasteiger partial charge on any atom is 0.225 e. The highest BCUT2D eigenvalue weighted by Gasteiger charge is 2.35. The number of carbonyl (C=O) groups is 1. The van der Waals surface area contributed by atoms with Gasteiger partial charge in [0.05, 0.1) is 0 Å². The molecule has 3 unspecified atom stereocenters. The van der Waals surface area contributed by atoms with E-state index in [2.05, 4.69) is 39.5 Å². The molecular formula is C15H29NO. The van der Waals surface area contributed by atoms with Crippen LogP contribution in [0.3, 0.4) is 0 Å². The maximum absolute atomic E-state index is 12.5. The van der Waals surface area contributed by atoms with Gasteiger partial charge in [-0.2, -0.15) is 0 Å². The van der Waals surface area contributed by atoms with Gasteiger partial charge in [-0.1, -0.05) is 47.5 Å². The SMILES string of the molecule is CCC1C[C@@H](CC)N(C(=O)C(C)C(C)CC)C1. The molecule has 1 amide bonds. The molecule has 1 rings (SSSR count). The van der Waals surface area contributed by atoms with Crippen LogP contribution in [0.25, 0.3) is 0 Å². The molecule has 0 spiro atoms. The fourth-order valence-corrected chi connectivity index (χ4v) is 2.83. The standard InChI is InChI=1S/C15H29NO/c1-6-11(4)12(5)15(17)16-10-13(7-2)9-14(16)8-3/h11-14H,6-10H2,1-5H3/t11?,12?,13?,14-/m1/s1. The summed E-state index contributed by atoms with van der Waals surface area (Å²) in [5, 5.41) is 0. The minimum absolute atomic E-state index is 0.185. The van der Waals surface area contributed by atoms with Crippen LogP contribution >= 0.6 is 0 Å². The van der Waals surface area contributed by atoms with Crippen molar-refractivity contribution in [3.05, 3.63) is 0 Å². The molecule has 0 radical (unpaired) electrons. The molecule has 4 atom stereocenters. The minimum Gasteiger partial charge on any atom is -0.339 e. The van der Waals surface area contributed by atoms with Crippen molar-refractivity contribution in [3.8, 4) is 0 Å². The van der Waals surface area contributed by atoms with Crippen molar-refractivity contribution in [3.63, 3.8) is 0 Å². The molecule has 1 aliphatic heterocycles. The van der Waals surface area contributed by atoms with Gasteiger partial charge >= 0.3 is 0 Å². The first-order chi connectivity index (χ1) is 8.04. The van der Waals surface area contributed by atoms with Crippen LogP contribution in [-0.2, 0) is 4.79 Å². The van der Waals surface area contributed by atoms with Crippen molar-refractivity contribution in [2.75, 3.05) is 6.54 Å². The highest BCUT2D eigenvalue weighted by molar-refractivity contribution is 5.79. The van der Waals surface area contributed by atoms with Crippen LogP contribution < -0.4 is 0 Å². The zero-order chi connectivity index (χ0) is 13.0. The Morgan fingerprint density at radius 3 is 2.35 bits per heavy atom. The quantitative estimate of drug-likeness (QED) is 0.716. The molecule has 0 aliphatic carbocycles. The Morgan fingerprint density at radius 1 is 1.24 bits per heavy atom. The molecule has 0 saturated carbocycles. The van der Waals surface area contributed by atoms with E-state index >= 15 is 0 Å². The third-order valence-electron chi connectivity index (χ3n) is 4.72. The lowest BCUT2D eigenvalue weighted by Gasteiger charge is -2.29. The summed E-state index contributed by atoms with van der Waals surface area (Å²) in [6, 6.07) is 0.499. The molecule has 0 aromatic rings. The summed E-state index contributed by atoms with van der Waals surface area (Å²) in [4.78, 5) is 14.7. The Morgan fingerprint density at radius 2 is 1.88 bits per heavy atom. The zero-order valence-corrected chi connectivity index (χ0v) is 12.2. The first kappa shape index (κ1) is 14.5. The second-order valence-electron chi connectivity index (χ2n) is 5.74. The van der Waals surface area contributed by atoms with E-state index in [1.54, 1.807) is 0 Å². The van der Waals surface area contributed by atoms with Crippen LogP contribution in [0.15, 0.2) is 0 Å². The van der Waals surface area contributed by atoms with Crippen LogP contribution in [0.1, 0.15) is 60.3 Å². The van der Waals surface area contributed by atoms with E-state index in [4.69, 9.17) is 0 Å². The average molecular weight is 239 g/mol. The number of hydrogen-bond donors (Lipinski definition) is 0. The van der Waals surface area contributed by atoms with E-state index in [1.807, 2.05) is 0 Å². The van der Waals surface area contributed by atoms with E-state index in [9.17, 15) is 4.79 Å². The van der Waals surface area contributed by atoms with E-state index in [-0.39, 0.29) is 5.92 Å². The van der Waals surface area contributed by atoms with Gasteiger partial charge in [0.25, 0.3) is 0 Å². The van der Waals surface area contributed by atoms with Crippen LogP contribution in [-0.4, -0.2) is 23.4 Å². The Labute approximate surface area is 107 Å². The summed E-state index contributed by atoms with van der Waals surface area (Å²) < 4.78 is 0. The molecule has 0 aromatic heterocycles. The molecular weight excluding hydrogens is 210 g/mol. The monoisotopic (exact) mass is 239 g/mol. The smallest absolute Gasteiger partial charge is 0.225 e. The third kappa shape index (κ3) is 3.23. The first-order valence-corrected chi connectivity index (χ1v) is 7.35. The van der Waals surface area contributed by atoms with Crippen molar-refractivity contribution in [1.29, 1.82) is 0 Å². The van der Waals surface area contributed by atoms with Crippen molar-refractivity contribution < 1.29 is 4.79 Å². The number of nitrogens with zero attached hydrogens (tertiary/aromatic N) is 1. The Balaban J connectivity index is 2.67.